The lowest BCUT2D eigenvalue weighted by Crippen LogP contribution is -2.20. The van der Waals surface area contributed by atoms with Gasteiger partial charge in [-0.2, -0.15) is 0 Å². The van der Waals surface area contributed by atoms with Crippen LogP contribution in [0, 0.1) is 23.7 Å². The summed E-state index contributed by atoms with van der Waals surface area (Å²) in [4.78, 5) is 0. The summed E-state index contributed by atoms with van der Waals surface area (Å²) in [7, 11) is 7.47. The molecule has 10 heteroatoms. The van der Waals surface area contributed by atoms with Gasteiger partial charge in [-0.15, -0.1) is 0 Å². The van der Waals surface area contributed by atoms with Gasteiger partial charge in [0.1, 0.15) is 0 Å². The van der Waals surface area contributed by atoms with Crippen molar-refractivity contribution in [1.29, 1.82) is 0 Å². The first-order valence-electron chi connectivity index (χ1n) is 8.91. The molecule has 0 saturated carbocycles. The maximum atomic E-state index is 11.1. The van der Waals surface area contributed by atoms with Crippen LogP contribution in [0.2, 0.25) is 0 Å². The first-order chi connectivity index (χ1) is 12.3. The van der Waals surface area contributed by atoms with Crippen LogP contribution >= 0.6 is 43.2 Å². The summed E-state index contributed by atoms with van der Waals surface area (Å²) in [5.41, 5.74) is 0. The van der Waals surface area contributed by atoms with E-state index >= 15 is 0 Å². The third kappa shape index (κ3) is 15.5. The Kier molecular flexibility index (Phi) is 18.6. The molecule has 0 bridgehead atoms. The lowest BCUT2D eigenvalue weighted by atomic mass is 9.93. The van der Waals surface area contributed by atoms with E-state index in [4.69, 9.17) is 9.11 Å². The van der Waals surface area contributed by atoms with Gasteiger partial charge in [0.15, 0.2) is 22.2 Å². The summed E-state index contributed by atoms with van der Waals surface area (Å²) in [6.07, 6.45) is 2.08. The second-order valence-corrected chi connectivity index (χ2v) is 13.9. The van der Waals surface area contributed by atoms with Crippen molar-refractivity contribution in [1.82, 2.24) is 0 Å². The van der Waals surface area contributed by atoms with Crippen molar-refractivity contribution < 1.29 is 17.5 Å². The molecule has 0 aliphatic heterocycles. The third-order valence-corrected chi connectivity index (χ3v) is 11.3. The lowest BCUT2D eigenvalue weighted by molar-refractivity contribution is 0.391. The molecular formula is C16H34O4S6. The molecule has 0 amide bonds. The second kappa shape index (κ2) is 17.5. The van der Waals surface area contributed by atoms with E-state index in [9.17, 15) is 8.42 Å². The fraction of sp³-hybridized carbons (Fsp3) is 1.00. The Balaban J connectivity index is 3.71. The smallest absolute Gasteiger partial charge is 0.153 e. The molecule has 0 aromatic heterocycles. The maximum Gasteiger partial charge on any atom is 0.153 e. The van der Waals surface area contributed by atoms with Crippen LogP contribution in [0.4, 0.5) is 0 Å². The van der Waals surface area contributed by atoms with E-state index in [1.807, 2.05) is 50.1 Å². The molecule has 2 N–H and O–H groups in total. The molecule has 6 atom stereocenters. The lowest BCUT2D eigenvalue weighted by Gasteiger charge is -2.21. The van der Waals surface area contributed by atoms with Crippen LogP contribution in [0.15, 0.2) is 0 Å². The molecular weight excluding hydrogens is 449 g/mol. The first kappa shape index (κ1) is 27.6. The highest BCUT2D eigenvalue weighted by Crippen LogP contribution is 2.32. The molecule has 6 unspecified atom stereocenters. The summed E-state index contributed by atoms with van der Waals surface area (Å²) in [6.45, 7) is 8.49. The number of hydrogen-bond acceptors (Lipinski definition) is 6. The molecule has 4 nitrogen and oxygen atoms in total. The van der Waals surface area contributed by atoms with Crippen LogP contribution in [0.1, 0.15) is 40.5 Å². The zero-order valence-electron chi connectivity index (χ0n) is 16.1. The van der Waals surface area contributed by atoms with Crippen molar-refractivity contribution in [2.45, 2.75) is 40.5 Å². The average Bonchev–Trinajstić information content (AvgIpc) is 2.55. The van der Waals surface area contributed by atoms with Gasteiger partial charge in [-0.3, -0.25) is 0 Å². The Hall–Kier alpha value is 1.62. The Bertz CT molecular complexity index is 399. The second-order valence-electron chi connectivity index (χ2n) is 6.67. The Labute approximate surface area is 180 Å². The molecule has 0 aliphatic rings. The molecule has 0 aromatic rings. The van der Waals surface area contributed by atoms with E-state index in [0.717, 1.165) is 35.9 Å². The minimum atomic E-state index is -1.69. The molecule has 0 heterocycles. The molecule has 0 spiro atoms. The maximum absolute atomic E-state index is 11.1. The van der Waals surface area contributed by atoms with Gasteiger partial charge in [-0.1, -0.05) is 77.3 Å². The van der Waals surface area contributed by atoms with E-state index in [0.29, 0.717) is 29.3 Å². The third-order valence-electron chi connectivity index (χ3n) is 4.28. The fourth-order valence-corrected chi connectivity index (χ4v) is 9.71. The van der Waals surface area contributed by atoms with Gasteiger partial charge < -0.3 is 9.11 Å². The summed E-state index contributed by atoms with van der Waals surface area (Å²) < 4.78 is 40.0. The van der Waals surface area contributed by atoms with E-state index in [2.05, 4.69) is 20.8 Å². The molecule has 0 aliphatic carbocycles. The highest BCUT2D eigenvalue weighted by molar-refractivity contribution is 8.78. The monoisotopic (exact) mass is 482 g/mol. The van der Waals surface area contributed by atoms with Gasteiger partial charge in [0.2, 0.25) is 0 Å². The normalized spacial score (nSPS) is 18.8. The van der Waals surface area contributed by atoms with Crippen molar-refractivity contribution in [3.63, 3.8) is 0 Å². The van der Waals surface area contributed by atoms with Gasteiger partial charge in [-0.05, 0) is 30.1 Å². The van der Waals surface area contributed by atoms with Gasteiger partial charge in [0.25, 0.3) is 0 Å². The van der Waals surface area contributed by atoms with E-state index in [1.54, 1.807) is 0 Å². The quantitative estimate of drug-likeness (QED) is 0.159. The van der Waals surface area contributed by atoms with Crippen molar-refractivity contribution in [3.05, 3.63) is 0 Å². The van der Waals surface area contributed by atoms with Gasteiger partial charge in [0.05, 0.1) is 11.5 Å². The van der Waals surface area contributed by atoms with Gasteiger partial charge in [0, 0.05) is 23.0 Å². The van der Waals surface area contributed by atoms with Crippen molar-refractivity contribution >= 4 is 65.3 Å². The van der Waals surface area contributed by atoms with Gasteiger partial charge in [-0.25, -0.2) is 8.42 Å². The highest BCUT2D eigenvalue weighted by atomic mass is 33.1. The van der Waals surface area contributed by atoms with E-state index < -0.39 is 22.2 Å². The summed E-state index contributed by atoms with van der Waals surface area (Å²) in [5.74, 6) is 6.47. The largest absolute Gasteiger partial charge is 0.306 e. The molecule has 0 aromatic carbocycles. The van der Waals surface area contributed by atoms with Crippen LogP contribution in [0.5, 0.6) is 0 Å². The standard InChI is InChI=1S/C16H34O4S6/c1-5-6-16(12-26(19)20)14(3)10-24-22-8-7-21-23-9-13(2)15(4)11-25(17)18/h13-16H,5-12H2,1-4H3,(H,17,18)(H,19,20). The molecule has 158 valence electrons. The highest BCUT2D eigenvalue weighted by Gasteiger charge is 2.19. The molecule has 0 fully saturated rings. The minimum Gasteiger partial charge on any atom is -0.306 e. The number of rotatable bonds is 17. The van der Waals surface area contributed by atoms with Crippen LogP contribution in [-0.4, -0.2) is 52.0 Å². The van der Waals surface area contributed by atoms with Crippen molar-refractivity contribution in [3.8, 4) is 0 Å². The summed E-state index contributed by atoms with van der Waals surface area (Å²) in [6, 6.07) is 0. The fourth-order valence-electron chi connectivity index (χ4n) is 2.27. The Morgan fingerprint density at radius 1 is 0.769 bits per heavy atom. The van der Waals surface area contributed by atoms with Crippen LogP contribution in [-0.2, 0) is 22.2 Å². The minimum absolute atomic E-state index is 0.268. The molecule has 0 radical (unpaired) electrons. The van der Waals surface area contributed by atoms with E-state index in [1.165, 1.54) is 0 Å². The summed E-state index contributed by atoms with van der Waals surface area (Å²) >= 11 is -3.39. The topological polar surface area (TPSA) is 74.6 Å². The first-order valence-corrected chi connectivity index (χ1v) is 16.4. The van der Waals surface area contributed by atoms with Gasteiger partial charge >= 0.3 is 0 Å². The molecule has 0 rings (SSSR count). The zero-order chi connectivity index (χ0) is 19.9. The average molecular weight is 483 g/mol. The predicted octanol–water partition coefficient (Wildman–Crippen LogP) is 5.52. The summed E-state index contributed by atoms with van der Waals surface area (Å²) in [5, 5.41) is 0. The van der Waals surface area contributed by atoms with Crippen molar-refractivity contribution in [2.24, 2.45) is 23.7 Å². The Morgan fingerprint density at radius 3 is 1.73 bits per heavy atom. The SMILES string of the molecule is CCCC(CS(=O)O)C(C)CSSCCSSCC(C)C(C)CS(=O)O. The Morgan fingerprint density at radius 2 is 1.27 bits per heavy atom. The van der Waals surface area contributed by atoms with Crippen molar-refractivity contribution in [2.75, 3.05) is 34.5 Å². The van der Waals surface area contributed by atoms with Crippen LogP contribution in [0.3, 0.4) is 0 Å². The van der Waals surface area contributed by atoms with Crippen LogP contribution < -0.4 is 0 Å². The molecule has 0 saturated heterocycles. The van der Waals surface area contributed by atoms with Crippen LogP contribution in [0.25, 0.3) is 0 Å². The molecule has 26 heavy (non-hydrogen) atoms. The van der Waals surface area contributed by atoms with E-state index in [-0.39, 0.29) is 5.92 Å². The zero-order valence-corrected chi connectivity index (χ0v) is 21.0. The number of hydrogen-bond donors (Lipinski definition) is 2. The predicted molar refractivity (Wildman–Crippen MR) is 127 cm³/mol.